The summed E-state index contributed by atoms with van der Waals surface area (Å²) in [5.41, 5.74) is 15.8. The summed E-state index contributed by atoms with van der Waals surface area (Å²) in [4.78, 5) is 29.3. The van der Waals surface area contributed by atoms with E-state index in [1.54, 1.807) is 48.0 Å². The van der Waals surface area contributed by atoms with Gasteiger partial charge in [-0.2, -0.15) is 10.4 Å². The summed E-state index contributed by atoms with van der Waals surface area (Å²) < 4.78 is 1.77. The van der Waals surface area contributed by atoms with Gasteiger partial charge in [0.05, 0.1) is 35.0 Å². The molecule has 0 saturated carbocycles. The maximum absolute atomic E-state index is 12.6. The number of primary amides is 2. The zero-order chi connectivity index (χ0) is 23.0. The molecule has 2 aromatic heterocycles. The Morgan fingerprint density at radius 3 is 2.31 bits per heavy atom. The Kier molecular flexibility index (Phi) is 5.16. The molecular weight excluding hydrogens is 404 g/mol. The second-order valence-electron chi connectivity index (χ2n) is 7.47. The van der Waals surface area contributed by atoms with Gasteiger partial charge >= 0.3 is 0 Å². The van der Waals surface area contributed by atoms with E-state index in [9.17, 15) is 9.59 Å². The van der Waals surface area contributed by atoms with Gasteiger partial charge in [0.2, 0.25) is 5.91 Å². The van der Waals surface area contributed by atoms with Gasteiger partial charge in [-0.1, -0.05) is 30.3 Å². The van der Waals surface area contributed by atoms with E-state index in [-0.39, 0.29) is 11.3 Å². The summed E-state index contributed by atoms with van der Waals surface area (Å²) in [6, 6.07) is 16.3. The van der Waals surface area contributed by atoms with Gasteiger partial charge in [0.15, 0.2) is 0 Å². The predicted molar refractivity (Wildman–Crippen MR) is 120 cm³/mol. The van der Waals surface area contributed by atoms with Crippen LogP contribution >= 0.6 is 0 Å². The summed E-state index contributed by atoms with van der Waals surface area (Å²) in [5, 5.41) is 14.2. The molecule has 0 aliphatic carbocycles. The number of aryl methyl sites for hydroxylation is 1. The molecule has 0 atom stereocenters. The third kappa shape index (κ3) is 3.46. The number of carbonyl (C=O) groups excluding carboxylic acids is 2. The van der Waals surface area contributed by atoms with Crippen LogP contribution in [0.4, 0.5) is 0 Å². The van der Waals surface area contributed by atoms with Crippen LogP contribution in [0.2, 0.25) is 0 Å². The van der Waals surface area contributed by atoms with E-state index in [0.29, 0.717) is 39.8 Å². The van der Waals surface area contributed by atoms with Gasteiger partial charge in [0, 0.05) is 22.2 Å². The second kappa shape index (κ2) is 7.96. The highest BCUT2D eigenvalue weighted by molar-refractivity contribution is 6.15. The minimum absolute atomic E-state index is 0.0263. The number of aromatic nitrogens is 3. The average Bonchev–Trinajstić information content (AvgIpc) is 3.05. The zero-order valence-electron chi connectivity index (χ0n) is 17.6. The topological polar surface area (TPSA) is 141 Å². The fourth-order valence-corrected chi connectivity index (χ4v) is 3.96. The minimum atomic E-state index is -0.758. The number of amides is 2. The van der Waals surface area contributed by atoms with Crippen LogP contribution in [-0.2, 0) is 6.54 Å². The number of rotatable bonds is 5. The Morgan fingerprint density at radius 2 is 1.69 bits per heavy atom. The van der Waals surface area contributed by atoms with Crippen LogP contribution in [-0.4, -0.2) is 26.6 Å². The van der Waals surface area contributed by atoms with Gasteiger partial charge in [-0.3, -0.25) is 14.3 Å². The molecule has 4 aromatic rings. The van der Waals surface area contributed by atoms with Gasteiger partial charge in [-0.25, -0.2) is 4.98 Å². The lowest BCUT2D eigenvalue weighted by atomic mass is 9.92. The van der Waals surface area contributed by atoms with Crippen LogP contribution in [0.5, 0.6) is 0 Å². The zero-order valence-corrected chi connectivity index (χ0v) is 17.6. The first-order chi connectivity index (χ1) is 15.3. The second-order valence-corrected chi connectivity index (χ2v) is 7.47. The standard InChI is InChI=1S/C24H20N6O2/c1-13-19(14(2)30(29-13)12-16-9-7-15(11-25)8-10-16)21-20(23(26)31)17-5-3-4-6-18(17)28-22(21)24(27)32/h3-10H,12H2,1-2H3,(H2,26,31)(H2,27,32). The third-order valence-electron chi connectivity index (χ3n) is 5.42. The van der Waals surface area contributed by atoms with Gasteiger partial charge in [-0.05, 0) is 37.6 Å². The first-order valence-electron chi connectivity index (χ1n) is 9.87. The fraction of sp³-hybridized carbons (Fsp3) is 0.125. The number of hydrogen-bond acceptors (Lipinski definition) is 5. The number of para-hydroxylation sites is 1. The third-order valence-corrected chi connectivity index (χ3v) is 5.42. The van der Waals surface area contributed by atoms with Crippen LogP contribution in [0.25, 0.3) is 22.0 Å². The highest BCUT2D eigenvalue weighted by Crippen LogP contribution is 2.36. The van der Waals surface area contributed by atoms with Crippen LogP contribution < -0.4 is 11.5 Å². The SMILES string of the molecule is Cc1nn(Cc2ccc(C#N)cc2)c(C)c1-c1c(C(N)=O)nc2ccccc2c1C(N)=O. The van der Waals surface area contributed by atoms with Crippen molar-refractivity contribution in [1.82, 2.24) is 14.8 Å². The van der Waals surface area contributed by atoms with E-state index in [2.05, 4.69) is 16.2 Å². The van der Waals surface area contributed by atoms with Crippen molar-refractivity contribution < 1.29 is 9.59 Å². The highest BCUT2D eigenvalue weighted by atomic mass is 16.1. The first-order valence-corrected chi connectivity index (χ1v) is 9.87. The van der Waals surface area contributed by atoms with Crippen LogP contribution in [0.3, 0.4) is 0 Å². The van der Waals surface area contributed by atoms with Gasteiger partial charge < -0.3 is 11.5 Å². The normalized spacial score (nSPS) is 10.8. The molecular formula is C24H20N6O2. The van der Waals surface area contributed by atoms with Crippen LogP contribution in [0.1, 0.15) is 43.4 Å². The van der Waals surface area contributed by atoms with Gasteiger partial charge in [-0.15, -0.1) is 0 Å². The molecule has 2 amide bonds. The number of hydrogen-bond donors (Lipinski definition) is 2. The first kappa shape index (κ1) is 20.8. The predicted octanol–water partition coefficient (Wildman–Crippen LogP) is 2.83. The molecule has 8 heteroatoms. The lowest BCUT2D eigenvalue weighted by molar-refractivity contribution is 0.0996. The fourth-order valence-electron chi connectivity index (χ4n) is 3.96. The van der Waals surface area contributed by atoms with Crippen LogP contribution in [0, 0.1) is 25.2 Å². The van der Waals surface area contributed by atoms with E-state index < -0.39 is 11.8 Å². The van der Waals surface area contributed by atoms with Crippen molar-refractivity contribution in [2.75, 3.05) is 0 Å². The summed E-state index contributed by atoms with van der Waals surface area (Å²) in [6.45, 7) is 4.09. The Morgan fingerprint density at radius 1 is 1.00 bits per heavy atom. The average molecular weight is 424 g/mol. The van der Waals surface area contributed by atoms with Crippen molar-refractivity contribution >= 4 is 22.7 Å². The Balaban J connectivity index is 1.95. The molecule has 158 valence electrons. The Bertz CT molecular complexity index is 1430. The number of benzene rings is 2. The van der Waals surface area contributed by atoms with E-state index in [1.807, 2.05) is 19.1 Å². The molecule has 2 heterocycles. The molecule has 0 radical (unpaired) electrons. The van der Waals surface area contributed by atoms with Crippen molar-refractivity contribution in [2.24, 2.45) is 11.5 Å². The molecule has 4 rings (SSSR count). The maximum atomic E-state index is 12.6. The van der Waals surface area contributed by atoms with Gasteiger partial charge in [0.25, 0.3) is 5.91 Å². The van der Waals surface area contributed by atoms with Crippen molar-refractivity contribution in [3.8, 4) is 17.2 Å². The molecule has 0 saturated heterocycles. The molecule has 0 unspecified atom stereocenters. The highest BCUT2D eigenvalue weighted by Gasteiger charge is 2.27. The molecule has 0 spiro atoms. The molecule has 0 bridgehead atoms. The molecule has 0 aliphatic rings. The molecule has 8 nitrogen and oxygen atoms in total. The smallest absolute Gasteiger partial charge is 0.267 e. The Hall–Kier alpha value is -4.51. The van der Waals surface area contributed by atoms with E-state index in [0.717, 1.165) is 11.3 Å². The molecule has 32 heavy (non-hydrogen) atoms. The lowest BCUT2D eigenvalue weighted by Gasteiger charge is -2.14. The minimum Gasteiger partial charge on any atom is -0.366 e. The number of nitrogens with zero attached hydrogens (tertiary/aromatic N) is 4. The summed E-state index contributed by atoms with van der Waals surface area (Å²) >= 11 is 0. The summed E-state index contributed by atoms with van der Waals surface area (Å²) in [7, 11) is 0. The van der Waals surface area contributed by atoms with Crippen molar-refractivity contribution in [1.29, 1.82) is 5.26 Å². The van der Waals surface area contributed by atoms with E-state index in [4.69, 9.17) is 16.7 Å². The number of fused-ring (bicyclic) bond motifs is 1. The van der Waals surface area contributed by atoms with Gasteiger partial charge in [0.1, 0.15) is 5.69 Å². The van der Waals surface area contributed by atoms with E-state index >= 15 is 0 Å². The lowest BCUT2D eigenvalue weighted by Crippen LogP contribution is -2.21. The quantitative estimate of drug-likeness (QED) is 0.507. The number of carbonyl (C=O) groups is 2. The number of nitrogens with two attached hydrogens (primary N) is 2. The van der Waals surface area contributed by atoms with Crippen molar-refractivity contribution in [3.05, 3.63) is 82.3 Å². The summed E-state index contributed by atoms with van der Waals surface area (Å²) in [5.74, 6) is -1.44. The maximum Gasteiger partial charge on any atom is 0.267 e. The Labute approximate surface area is 184 Å². The number of pyridine rings is 1. The van der Waals surface area contributed by atoms with Crippen molar-refractivity contribution in [3.63, 3.8) is 0 Å². The number of nitriles is 1. The van der Waals surface area contributed by atoms with Crippen LogP contribution in [0.15, 0.2) is 48.5 Å². The molecule has 2 aromatic carbocycles. The largest absolute Gasteiger partial charge is 0.366 e. The molecule has 0 aliphatic heterocycles. The molecule has 0 fully saturated rings. The van der Waals surface area contributed by atoms with Crippen molar-refractivity contribution in [2.45, 2.75) is 20.4 Å². The monoisotopic (exact) mass is 424 g/mol. The van der Waals surface area contributed by atoms with E-state index in [1.165, 1.54) is 0 Å². The summed E-state index contributed by atoms with van der Waals surface area (Å²) in [6.07, 6.45) is 0. The molecule has 4 N–H and O–H groups in total.